The number of carboxylic acid groups (broad SMARTS) is 1. The Hall–Kier alpha value is -4.18. The van der Waals surface area contributed by atoms with Gasteiger partial charge in [-0.2, -0.15) is 0 Å². The van der Waals surface area contributed by atoms with E-state index >= 15 is 0 Å². The molecule has 1 fully saturated rings. The molecule has 2 N–H and O–H groups in total. The van der Waals surface area contributed by atoms with Gasteiger partial charge in [-0.05, 0) is 34.4 Å². The second-order valence-electron chi connectivity index (χ2n) is 9.13. The third-order valence-corrected chi connectivity index (χ3v) is 8.31. The number of amides is 2. The highest BCUT2D eigenvalue weighted by Gasteiger charge is 2.43. The van der Waals surface area contributed by atoms with Crippen LogP contribution in [0.1, 0.15) is 28.0 Å². The molecule has 1 saturated heterocycles. The summed E-state index contributed by atoms with van der Waals surface area (Å²) in [5, 5.41) is 11.7. The minimum Gasteiger partial charge on any atom is -0.497 e. The van der Waals surface area contributed by atoms with Crippen molar-refractivity contribution in [1.82, 2.24) is 10.2 Å². The lowest BCUT2D eigenvalue weighted by atomic mass is 9.98. The summed E-state index contributed by atoms with van der Waals surface area (Å²) in [5.74, 6) is -0.525. The van der Waals surface area contributed by atoms with Crippen LogP contribution < -0.4 is 14.8 Å². The predicted octanol–water partition coefficient (Wildman–Crippen LogP) is 4.27. The molecule has 1 aliphatic heterocycles. The number of rotatable bonds is 8. The number of thioether (sulfide) groups is 1. The molecule has 0 bridgehead atoms. The van der Waals surface area contributed by atoms with E-state index in [1.165, 1.54) is 30.9 Å². The summed E-state index contributed by atoms with van der Waals surface area (Å²) in [6, 6.07) is 20.1. The quantitative estimate of drug-likeness (QED) is 0.429. The summed E-state index contributed by atoms with van der Waals surface area (Å²) in [7, 11) is 3.03. The molecule has 0 saturated carbocycles. The number of nitrogens with one attached hydrogen (secondary N) is 1. The van der Waals surface area contributed by atoms with Crippen molar-refractivity contribution in [2.45, 2.75) is 17.3 Å². The van der Waals surface area contributed by atoms with E-state index in [0.29, 0.717) is 17.1 Å². The third-order valence-electron chi connectivity index (χ3n) is 7.01. The Kier molecular flexibility index (Phi) is 7.65. The number of methoxy groups -OCH3 is 2. The van der Waals surface area contributed by atoms with Crippen LogP contribution in [0.3, 0.4) is 0 Å². The zero-order valence-electron chi connectivity index (χ0n) is 21.5. The lowest BCUT2D eigenvalue weighted by Gasteiger charge is -2.28. The summed E-state index contributed by atoms with van der Waals surface area (Å²) < 4.78 is 16.3. The number of alkyl carbamates (subject to hydrolysis) is 1. The normalized spacial score (nSPS) is 17.7. The molecule has 2 atom stereocenters. The number of benzene rings is 3. The smallest absolute Gasteiger partial charge is 0.407 e. The van der Waals surface area contributed by atoms with E-state index in [1.54, 1.807) is 18.2 Å². The monoisotopic (exact) mass is 548 g/mol. The molecule has 5 rings (SSSR count). The van der Waals surface area contributed by atoms with Crippen molar-refractivity contribution in [3.8, 4) is 22.6 Å². The average molecular weight is 549 g/mol. The molecular formula is C29H28N2O7S. The zero-order valence-corrected chi connectivity index (χ0v) is 22.3. The fraction of sp³-hybridized carbons (Fsp3) is 0.276. The molecule has 1 heterocycles. The van der Waals surface area contributed by atoms with Crippen LogP contribution in [0.2, 0.25) is 0 Å². The lowest BCUT2D eigenvalue weighted by molar-refractivity contribution is -0.148. The van der Waals surface area contributed by atoms with E-state index in [9.17, 15) is 19.5 Å². The Morgan fingerprint density at radius 2 is 1.62 bits per heavy atom. The second-order valence-corrected chi connectivity index (χ2v) is 10.2. The maximum absolute atomic E-state index is 13.3. The van der Waals surface area contributed by atoms with Crippen molar-refractivity contribution in [2.75, 3.05) is 33.1 Å². The SMILES string of the molecule is COc1ccc(C2SC[C@@H](C(=O)O)N2C(=O)CNC(=O)OCC2c3ccccc3-c3ccccc32)c(OC)c1. The molecule has 0 aromatic heterocycles. The lowest BCUT2D eigenvalue weighted by Crippen LogP contribution is -2.47. The Balaban J connectivity index is 1.26. The topological polar surface area (TPSA) is 114 Å². The number of carboxylic acids is 1. The summed E-state index contributed by atoms with van der Waals surface area (Å²) in [6.45, 7) is -0.299. The Morgan fingerprint density at radius 1 is 0.949 bits per heavy atom. The number of hydrogen-bond acceptors (Lipinski definition) is 7. The fourth-order valence-electron chi connectivity index (χ4n) is 5.15. The molecule has 10 heteroatoms. The van der Waals surface area contributed by atoms with Crippen molar-refractivity contribution in [3.05, 3.63) is 83.4 Å². The molecule has 1 unspecified atom stereocenters. The van der Waals surface area contributed by atoms with Crippen molar-refractivity contribution in [3.63, 3.8) is 0 Å². The van der Waals surface area contributed by atoms with Gasteiger partial charge in [0, 0.05) is 23.3 Å². The molecule has 9 nitrogen and oxygen atoms in total. The number of carbonyl (C=O) groups excluding carboxylic acids is 2. The van der Waals surface area contributed by atoms with E-state index in [-0.39, 0.29) is 18.3 Å². The van der Waals surface area contributed by atoms with Gasteiger partial charge in [0.1, 0.15) is 36.1 Å². The molecular weight excluding hydrogens is 520 g/mol. The van der Waals surface area contributed by atoms with Crippen LogP contribution in [-0.2, 0) is 14.3 Å². The summed E-state index contributed by atoms with van der Waals surface area (Å²) in [4.78, 5) is 39.1. The molecule has 0 radical (unpaired) electrons. The molecule has 39 heavy (non-hydrogen) atoms. The van der Waals surface area contributed by atoms with Crippen LogP contribution in [-0.4, -0.2) is 67.1 Å². The largest absolute Gasteiger partial charge is 0.497 e. The second kappa shape index (κ2) is 11.3. The molecule has 3 aromatic rings. The first-order valence-corrected chi connectivity index (χ1v) is 13.4. The highest BCUT2D eigenvalue weighted by atomic mass is 32.2. The average Bonchev–Trinajstić information content (AvgIpc) is 3.54. The molecule has 2 amide bonds. The number of carbonyl (C=O) groups is 3. The molecule has 1 aliphatic carbocycles. The highest BCUT2D eigenvalue weighted by molar-refractivity contribution is 7.99. The van der Waals surface area contributed by atoms with Crippen LogP contribution in [0, 0.1) is 0 Å². The van der Waals surface area contributed by atoms with Crippen LogP contribution >= 0.6 is 11.8 Å². The van der Waals surface area contributed by atoms with Gasteiger partial charge in [-0.25, -0.2) is 9.59 Å². The highest BCUT2D eigenvalue weighted by Crippen LogP contribution is 2.46. The van der Waals surface area contributed by atoms with Crippen LogP contribution in [0.25, 0.3) is 11.1 Å². The van der Waals surface area contributed by atoms with Crippen LogP contribution in [0.4, 0.5) is 4.79 Å². The number of aliphatic carboxylic acids is 1. The van der Waals surface area contributed by atoms with Gasteiger partial charge in [-0.15, -0.1) is 11.8 Å². The fourth-order valence-corrected chi connectivity index (χ4v) is 6.62. The van der Waals surface area contributed by atoms with Gasteiger partial charge in [0.05, 0.1) is 14.2 Å². The third kappa shape index (κ3) is 5.12. The summed E-state index contributed by atoms with van der Waals surface area (Å²) in [5.41, 5.74) is 5.03. The Labute approximate surface area is 230 Å². The van der Waals surface area contributed by atoms with Gasteiger partial charge < -0.3 is 29.5 Å². The Bertz CT molecular complexity index is 1370. The van der Waals surface area contributed by atoms with Gasteiger partial charge >= 0.3 is 12.1 Å². The number of nitrogens with zero attached hydrogens (tertiary/aromatic N) is 1. The van der Waals surface area contributed by atoms with Gasteiger partial charge in [0.15, 0.2) is 0 Å². The first-order chi connectivity index (χ1) is 18.9. The maximum Gasteiger partial charge on any atom is 0.407 e. The zero-order chi connectivity index (χ0) is 27.5. The number of fused-ring (bicyclic) bond motifs is 3. The number of ether oxygens (including phenoxy) is 3. The molecule has 2 aliphatic rings. The summed E-state index contributed by atoms with van der Waals surface area (Å²) >= 11 is 1.32. The van der Waals surface area contributed by atoms with Crippen LogP contribution in [0.15, 0.2) is 66.7 Å². The summed E-state index contributed by atoms with van der Waals surface area (Å²) in [6.07, 6.45) is -0.748. The van der Waals surface area contributed by atoms with E-state index < -0.39 is 35.9 Å². The van der Waals surface area contributed by atoms with E-state index in [2.05, 4.69) is 5.32 Å². The van der Waals surface area contributed by atoms with Gasteiger partial charge in [0.25, 0.3) is 0 Å². The predicted molar refractivity (Wildman–Crippen MR) is 146 cm³/mol. The minimum absolute atomic E-state index is 0.108. The molecule has 202 valence electrons. The van der Waals surface area contributed by atoms with Gasteiger partial charge in [0.2, 0.25) is 5.91 Å². The van der Waals surface area contributed by atoms with Crippen LogP contribution in [0.5, 0.6) is 11.5 Å². The van der Waals surface area contributed by atoms with Gasteiger partial charge in [-0.1, -0.05) is 48.5 Å². The minimum atomic E-state index is -1.12. The standard InChI is InChI=1S/C29H28N2O7S/c1-36-17-11-12-22(25(13-17)37-2)27-31(24(16-39-27)28(33)34)26(32)14-30-29(35)38-15-23-20-9-5-3-7-18(20)19-8-4-6-10-21(19)23/h3-13,23-24,27H,14-16H2,1-2H3,(H,30,35)(H,33,34)/t24-,27?/m0/s1. The van der Waals surface area contributed by atoms with E-state index in [4.69, 9.17) is 14.2 Å². The van der Waals surface area contributed by atoms with E-state index in [0.717, 1.165) is 22.3 Å². The van der Waals surface area contributed by atoms with Gasteiger partial charge in [-0.3, -0.25) is 4.79 Å². The molecule has 0 spiro atoms. The van der Waals surface area contributed by atoms with Crippen molar-refractivity contribution in [1.29, 1.82) is 0 Å². The molecule has 3 aromatic carbocycles. The van der Waals surface area contributed by atoms with Crippen molar-refractivity contribution in [2.24, 2.45) is 0 Å². The number of hydrogen-bond donors (Lipinski definition) is 2. The van der Waals surface area contributed by atoms with E-state index in [1.807, 2.05) is 48.5 Å². The first kappa shape index (κ1) is 26.4. The Morgan fingerprint density at radius 3 is 2.23 bits per heavy atom. The first-order valence-electron chi connectivity index (χ1n) is 12.4. The van der Waals surface area contributed by atoms with Crippen molar-refractivity contribution < 1.29 is 33.7 Å². The van der Waals surface area contributed by atoms with Crippen molar-refractivity contribution >= 4 is 29.7 Å². The maximum atomic E-state index is 13.3.